The quantitative estimate of drug-likeness (QED) is 0.898. The molecule has 0 radical (unpaired) electrons. The number of anilines is 1. The number of aromatic nitrogens is 1. The van der Waals surface area contributed by atoms with Gasteiger partial charge in [-0.05, 0) is 75.0 Å². The Morgan fingerprint density at radius 3 is 2.64 bits per heavy atom. The fraction of sp³-hybridized carbons (Fsp3) is 0.476. The number of rotatable bonds is 4. The van der Waals surface area contributed by atoms with Gasteiger partial charge in [0.05, 0.1) is 17.6 Å². The molecule has 3 fully saturated rings. The van der Waals surface area contributed by atoms with Gasteiger partial charge in [-0.1, -0.05) is 13.0 Å². The van der Waals surface area contributed by atoms with Crippen molar-refractivity contribution < 1.29 is 4.39 Å². The van der Waals surface area contributed by atoms with Crippen LogP contribution in [-0.4, -0.2) is 35.1 Å². The SMILES string of the molecule is CCc1ccc(F)c(-c2ccc(NC3C4CCN(CC4)C3C)cn2)c1. The Kier molecular flexibility index (Phi) is 4.46. The molecular formula is C21H26FN3. The van der Waals surface area contributed by atoms with E-state index < -0.39 is 0 Å². The van der Waals surface area contributed by atoms with Gasteiger partial charge in [-0.2, -0.15) is 0 Å². The van der Waals surface area contributed by atoms with E-state index in [4.69, 9.17) is 0 Å². The Morgan fingerprint density at radius 1 is 1.20 bits per heavy atom. The van der Waals surface area contributed by atoms with Gasteiger partial charge in [0.1, 0.15) is 5.82 Å². The minimum Gasteiger partial charge on any atom is -0.379 e. The van der Waals surface area contributed by atoms with Gasteiger partial charge >= 0.3 is 0 Å². The van der Waals surface area contributed by atoms with Crippen LogP contribution in [0, 0.1) is 11.7 Å². The predicted octanol–water partition coefficient (Wildman–Crippen LogP) is 4.34. The van der Waals surface area contributed by atoms with Crippen LogP contribution in [0.2, 0.25) is 0 Å². The van der Waals surface area contributed by atoms with Crippen molar-refractivity contribution >= 4 is 5.69 Å². The van der Waals surface area contributed by atoms with Crippen molar-refractivity contribution in [1.29, 1.82) is 0 Å². The highest BCUT2D eigenvalue weighted by Gasteiger charge is 2.39. The summed E-state index contributed by atoms with van der Waals surface area (Å²) in [6.45, 7) is 6.85. The molecule has 0 spiro atoms. The zero-order valence-electron chi connectivity index (χ0n) is 15.0. The molecule has 1 N–H and O–H groups in total. The van der Waals surface area contributed by atoms with Crippen molar-refractivity contribution in [3.8, 4) is 11.3 Å². The number of nitrogens with zero attached hydrogens (tertiary/aromatic N) is 2. The first-order chi connectivity index (χ1) is 12.2. The van der Waals surface area contributed by atoms with Crippen molar-refractivity contribution in [1.82, 2.24) is 9.88 Å². The molecule has 0 aliphatic carbocycles. The number of halogens is 1. The van der Waals surface area contributed by atoms with Gasteiger partial charge in [-0.15, -0.1) is 0 Å². The molecule has 0 saturated carbocycles. The topological polar surface area (TPSA) is 28.2 Å². The fourth-order valence-electron chi connectivity index (χ4n) is 4.36. The largest absolute Gasteiger partial charge is 0.379 e. The second-order valence-electron chi connectivity index (χ2n) is 7.38. The van der Waals surface area contributed by atoms with Crippen molar-refractivity contribution in [3.63, 3.8) is 0 Å². The molecule has 5 rings (SSSR count). The molecule has 4 heteroatoms. The fourth-order valence-corrected chi connectivity index (χ4v) is 4.36. The molecule has 2 atom stereocenters. The molecule has 4 heterocycles. The van der Waals surface area contributed by atoms with Gasteiger partial charge in [-0.25, -0.2) is 4.39 Å². The summed E-state index contributed by atoms with van der Waals surface area (Å²) in [6.07, 6.45) is 5.30. The summed E-state index contributed by atoms with van der Waals surface area (Å²) in [6, 6.07) is 10.3. The van der Waals surface area contributed by atoms with Crippen LogP contribution in [0.3, 0.4) is 0 Å². The number of piperidine rings is 3. The number of hydrogen-bond donors (Lipinski definition) is 1. The molecule has 132 valence electrons. The third kappa shape index (κ3) is 3.15. The predicted molar refractivity (Wildman–Crippen MR) is 100 cm³/mol. The van der Waals surface area contributed by atoms with Crippen molar-refractivity contribution in [2.24, 2.45) is 5.92 Å². The second kappa shape index (κ2) is 6.75. The highest BCUT2D eigenvalue weighted by atomic mass is 19.1. The van der Waals surface area contributed by atoms with Gasteiger partial charge in [0.25, 0.3) is 0 Å². The van der Waals surface area contributed by atoms with Gasteiger partial charge in [-0.3, -0.25) is 9.88 Å². The standard InChI is InChI=1S/C21H26FN3/c1-3-15-4-6-19(22)18(12-15)20-7-5-17(13-23-20)24-21-14(2)25-10-8-16(21)9-11-25/h4-7,12-14,16,21,24H,3,8-11H2,1-2H3. The first-order valence-electron chi connectivity index (χ1n) is 9.41. The van der Waals surface area contributed by atoms with E-state index in [0.29, 0.717) is 23.3 Å². The molecule has 25 heavy (non-hydrogen) atoms. The van der Waals surface area contributed by atoms with Crippen LogP contribution in [0.5, 0.6) is 0 Å². The van der Waals surface area contributed by atoms with E-state index in [0.717, 1.165) is 23.6 Å². The molecule has 3 aliphatic rings. The van der Waals surface area contributed by atoms with E-state index in [1.807, 2.05) is 30.5 Å². The zero-order chi connectivity index (χ0) is 17.4. The van der Waals surface area contributed by atoms with E-state index in [-0.39, 0.29) is 5.82 Å². The first kappa shape index (κ1) is 16.5. The molecular weight excluding hydrogens is 313 g/mol. The third-order valence-corrected chi connectivity index (χ3v) is 5.99. The van der Waals surface area contributed by atoms with Crippen LogP contribution in [0.1, 0.15) is 32.3 Å². The Bertz CT molecular complexity index is 733. The second-order valence-corrected chi connectivity index (χ2v) is 7.38. The Labute approximate surface area is 149 Å². The molecule has 0 amide bonds. The van der Waals surface area contributed by atoms with E-state index in [1.54, 1.807) is 0 Å². The average molecular weight is 339 g/mol. The monoisotopic (exact) mass is 339 g/mol. The summed E-state index contributed by atoms with van der Waals surface area (Å²) in [5.41, 5.74) is 3.44. The number of benzene rings is 1. The lowest BCUT2D eigenvalue weighted by Gasteiger charge is -2.50. The Morgan fingerprint density at radius 2 is 2.00 bits per heavy atom. The van der Waals surface area contributed by atoms with E-state index in [1.165, 1.54) is 32.0 Å². The number of aryl methyl sites for hydroxylation is 1. The van der Waals surface area contributed by atoms with Crippen molar-refractivity contribution in [2.75, 3.05) is 18.4 Å². The zero-order valence-corrected chi connectivity index (χ0v) is 15.0. The number of hydrogen-bond acceptors (Lipinski definition) is 3. The maximum Gasteiger partial charge on any atom is 0.132 e. The molecule has 3 saturated heterocycles. The summed E-state index contributed by atoms with van der Waals surface area (Å²) in [4.78, 5) is 7.10. The minimum absolute atomic E-state index is 0.212. The van der Waals surface area contributed by atoms with Crippen molar-refractivity contribution in [2.45, 2.75) is 45.2 Å². The summed E-state index contributed by atoms with van der Waals surface area (Å²) in [7, 11) is 0. The summed E-state index contributed by atoms with van der Waals surface area (Å²) >= 11 is 0. The maximum atomic E-state index is 14.2. The smallest absolute Gasteiger partial charge is 0.132 e. The van der Waals surface area contributed by atoms with Crippen LogP contribution < -0.4 is 5.32 Å². The van der Waals surface area contributed by atoms with Crippen LogP contribution in [-0.2, 0) is 6.42 Å². The molecule has 1 aromatic carbocycles. The lowest BCUT2D eigenvalue weighted by Crippen LogP contribution is -2.59. The molecule has 2 unspecified atom stereocenters. The summed E-state index contributed by atoms with van der Waals surface area (Å²) < 4.78 is 14.2. The molecule has 2 aromatic rings. The molecule has 1 aromatic heterocycles. The number of fused-ring (bicyclic) bond motifs is 3. The first-order valence-corrected chi connectivity index (χ1v) is 9.41. The molecule has 3 aliphatic heterocycles. The van der Waals surface area contributed by atoms with Gasteiger partial charge in [0, 0.05) is 17.6 Å². The Balaban J connectivity index is 1.53. The lowest BCUT2D eigenvalue weighted by molar-refractivity contribution is 0.0458. The number of nitrogens with one attached hydrogen (secondary N) is 1. The van der Waals surface area contributed by atoms with E-state index >= 15 is 0 Å². The van der Waals surface area contributed by atoms with E-state index in [9.17, 15) is 4.39 Å². The molecule has 3 nitrogen and oxygen atoms in total. The lowest BCUT2D eigenvalue weighted by atomic mass is 9.79. The van der Waals surface area contributed by atoms with Gasteiger partial charge in [0.2, 0.25) is 0 Å². The third-order valence-electron chi connectivity index (χ3n) is 5.99. The van der Waals surface area contributed by atoms with Crippen LogP contribution >= 0.6 is 0 Å². The van der Waals surface area contributed by atoms with Crippen LogP contribution in [0.25, 0.3) is 11.3 Å². The highest BCUT2D eigenvalue weighted by Crippen LogP contribution is 2.34. The van der Waals surface area contributed by atoms with Gasteiger partial charge in [0.15, 0.2) is 0 Å². The highest BCUT2D eigenvalue weighted by molar-refractivity contribution is 5.63. The van der Waals surface area contributed by atoms with Crippen LogP contribution in [0.15, 0.2) is 36.5 Å². The number of pyridine rings is 1. The van der Waals surface area contributed by atoms with E-state index in [2.05, 4.69) is 29.0 Å². The average Bonchev–Trinajstić information content (AvgIpc) is 2.66. The summed E-state index contributed by atoms with van der Waals surface area (Å²) in [5.74, 6) is 0.537. The molecule has 2 bridgehead atoms. The Hall–Kier alpha value is -1.94. The minimum atomic E-state index is -0.212. The normalized spacial score (nSPS) is 28.1. The van der Waals surface area contributed by atoms with Crippen molar-refractivity contribution in [3.05, 3.63) is 47.9 Å². The summed E-state index contributed by atoms with van der Waals surface area (Å²) in [5, 5.41) is 3.68. The van der Waals surface area contributed by atoms with Gasteiger partial charge < -0.3 is 5.32 Å². The maximum absolute atomic E-state index is 14.2. The van der Waals surface area contributed by atoms with Crippen LogP contribution in [0.4, 0.5) is 10.1 Å².